The van der Waals surface area contributed by atoms with Crippen molar-refractivity contribution in [1.29, 1.82) is 5.26 Å². The monoisotopic (exact) mass is 341 g/mol. The lowest BCUT2D eigenvalue weighted by Crippen LogP contribution is -2.31. The van der Waals surface area contributed by atoms with Crippen LogP contribution in [0.5, 0.6) is 0 Å². The lowest BCUT2D eigenvalue weighted by molar-refractivity contribution is 0.0897. The van der Waals surface area contributed by atoms with E-state index in [1.807, 2.05) is 37.4 Å². The molecule has 0 aliphatic heterocycles. The molecular formula is C18H19N3O2S. The molecule has 5 nitrogen and oxygen atoms in total. The molecule has 3 rings (SSSR count). The smallest absolute Gasteiger partial charge is 0.407 e. The molecule has 0 bridgehead atoms. The second-order valence-electron chi connectivity index (χ2n) is 5.68. The van der Waals surface area contributed by atoms with Crippen LogP contribution < -0.4 is 10.6 Å². The van der Waals surface area contributed by atoms with Crippen LogP contribution in [-0.4, -0.2) is 19.2 Å². The minimum atomic E-state index is -0.391. The Balaban J connectivity index is 1.57. The third-order valence-electron chi connectivity index (χ3n) is 4.11. The normalized spacial score (nSPS) is 15.9. The zero-order chi connectivity index (χ0) is 16.9. The van der Waals surface area contributed by atoms with E-state index in [2.05, 4.69) is 16.7 Å². The fourth-order valence-corrected chi connectivity index (χ4v) is 4.13. The summed E-state index contributed by atoms with van der Waals surface area (Å²) in [5.41, 5.74) is 2.89. The van der Waals surface area contributed by atoms with E-state index < -0.39 is 6.09 Å². The van der Waals surface area contributed by atoms with E-state index in [9.17, 15) is 10.1 Å². The molecular weight excluding hydrogens is 322 g/mol. The topological polar surface area (TPSA) is 74.1 Å². The van der Waals surface area contributed by atoms with Crippen LogP contribution in [0.25, 0.3) is 0 Å². The Kier molecular flexibility index (Phi) is 5.02. The molecule has 1 aromatic heterocycles. The number of alkyl carbamates (subject to hydrolysis) is 1. The zero-order valence-electron chi connectivity index (χ0n) is 13.5. The highest BCUT2D eigenvalue weighted by Gasteiger charge is 2.27. The van der Waals surface area contributed by atoms with Crippen molar-refractivity contribution in [3.05, 3.63) is 51.9 Å². The average Bonchev–Trinajstić information content (AvgIpc) is 2.97. The van der Waals surface area contributed by atoms with Gasteiger partial charge in [-0.2, -0.15) is 5.26 Å². The molecule has 2 N–H and O–H groups in total. The number of nitriles is 1. The van der Waals surface area contributed by atoms with E-state index in [1.165, 1.54) is 0 Å². The lowest BCUT2D eigenvalue weighted by Gasteiger charge is -2.22. The summed E-state index contributed by atoms with van der Waals surface area (Å²) in [6, 6.07) is 12.0. The molecule has 0 saturated heterocycles. The summed E-state index contributed by atoms with van der Waals surface area (Å²) in [6.07, 6.45) is 1.67. The van der Waals surface area contributed by atoms with Crippen LogP contribution in [-0.2, 0) is 24.1 Å². The molecule has 1 aliphatic carbocycles. The van der Waals surface area contributed by atoms with E-state index >= 15 is 0 Å². The fraction of sp³-hybridized carbons (Fsp3) is 0.333. The first-order valence-corrected chi connectivity index (χ1v) is 8.73. The standard InChI is InChI=1S/C18H19N3O2S/c1-20-17-15(10-19)14-8-7-13(9-16(14)24-17)23-18(22)21-11-12-5-3-2-4-6-12/h2-6,13,20H,7-9,11H2,1H3,(H,21,22). The Morgan fingerprint density at radius 3 is 2.92 bits per heavy atom. The van der Waals surface area contributed by atoms with E-state index in [0.29, 0.717) is 13.0 Å². The van der Waals surface area contributed by atoms with Crippen molar-refractivity contribution in [2.75, 3.05) is 12.4 Å². The van der Waals surface area contributed by atoms with Crippen molar-refractivity contribution >= 4 is 22.4 Å². The molecule has 2 aromatic rings. The van der Waals surface area contributed by atoms with Gasteiger partial charge in [0.05, 0.1) is 5.56 Å². The highest BCUT2D eigenvalue weighted by molar-refractivity contribution is 7.16. The fourth-order valence-electron chi connectivity index (χ4n) is 2.91. The molecule has 1 amide bonds. The number of anilines is 1. The molecule has 0 fully saturated rings. The van der Waals surface area contributed by atoms with Gasteiger partial charge in [0, 0.05) is 24.9 Å². The Labute approximate surface area is 145 Å². The number of fused-ring (bicyclic) bond motifs is 1. The summed E-state index contributed by atoms with van der Waals surface area (Å²) >= 11 is 1.58. The van der Waals surface area contributed by atoms with Gasteiger partial charge in [0.25, 0.3) is 0 Å². The number of amides is 1. The summed E-state index contributed by atoms with van der Waals surface area (Å²) in [4.78, 5) is 13.1. The molecule has 1 unspecified atom stereocenters. The van der Waals surface area contributed by atoms with Crippen molar-refractivity contribution in [2.45, 2.75) is 31.9 Å². The van der Waals surface area contributed by atoms with Gasteiger partial charge in [-0.3, -0.25) is 0 Å². The molecule has 24 heavy (non-hydrogen) atoms. The van der Waals surface area contributed by atoms with E-state index in [0.717, 1.165) is 39.4 Å². The number of rotatable bonds is 4. The maximum Gasteiger partial charge on any atom is 0.407 e. The number of nitrogens with one attached hydrogen (secondary N) is 2. The zero-order valence-corrected chi connectivity index (χ0v) is 14.3. The molecule has 124 valence electrons. The van der Waals surface area contributed by atoms with Gasteiger partial charge in [-0.05, 0) is 24.0 Å². The molecule has 0 radical (unpaired) electrons. The Morgan fingerprint density at radius 2 is 2.21 bits per heavy atom. The van der Waals surface area contributed by atoms with Gasteiger partial charge in [0.15, 0.2) is 0 Å². The Hall–Kier alpha value is -2.52. The number of carbonyl (C=O) groups excluding carboxylic acids is 1. The molecule has 6 heteroatoms. The second kappa shape index (κ2) is 7.37. The molecule has 1 aliphatic rings. The Morgan fingerprint density at radius 1 is 1.42 bits per heavy atom. The van der Waals surface area contributed by atoms with Crippen molar-refractivity contribution < 1.29 is 9.53 Å². The Bertz CT molecular complexity index is 765. The third kappa shape index (κ3) is 3.52. The third-order valence-corrected chi connectivity index (χ3v) is 5.38. The number of nitrogens with zero attached hydrogens (tertiary/aromatic N) is 1. The maximum absolute atomic E-state index is 12.0. The van der Waals surface area contributed by atoms with Crippen molar-refractivity contribution in [3.8, 4) is 6.07 Å². The first kappa shape index (κ1) is 16.3. The van der Waals surface area contributed by atoms with Gasteiger partial charge >= 0.3 is 6.09 Å². The highest BCUT2D eigenvalue weighted by Crippen LogP contribution is 2.38. The number of benzene rings is 1. The summed E-state index contributed by atoms with van der Waals surface area (Å²) in [5, 5.41) is 16.1. The predicted molar refractivity (Wildman–Crippen MR) is 94.2 cm³/mol. The minimum absolute atomic E-state index is 0.136. The summed E-state index contributed by atoms with van der Waals surface area (Å²) < 4.78 is 5.54. The minimum Gasteiger partial charge on any atom is -0.446 e. The van der Waals surface area contributed by atoms with E-state index in [4.69, 9.17) is 4.74 Å². The van der Waals surface area contributed by atoms with Crippen LogP contribution in [0.4, 0.5) is 9.80 Å². The number of thiophene rings is 1. The molecule has 1 heterocycles. The first-order valence-electron chi connectivity index (χ1n) is 7.92. The second-order valence-corrected chi connectivity index (χ2v) is 6.78. The van der Waals surface area contributed by atoms with Gasteiger partial charge in [0.2, 0.25) is 0 Å². The summed E-state index contributed by atoms with van der Waals surface area (Å²) in [5.74, 6) is 0. The molecule has 0 saturated carbocycles. The average molecular weight is 341 g/mol. The molecule has 0 spiro atoms. The number of ether oxygens (including phenoxy) is 1. The SMILES string of the molecule is CNc1sc2c(c1C#N)CCC(OC(=O)NCc1ccccc1)C2. The van der Waals surface area contributed by atoms with Crippen molar-refractivity contribution in [3.63, 3.8) is 0 Å². The molecule has 1 atom stereocenters. The number of hydrogen-bond donors (Lipinski definition) is 2. The van der Waals surface area contributed by atoms with E-state index in [-0.39, 0.29) is 6.10 Å². The number of carbonyl (C=O) groups is 1. The summed E-state index contributed by atoms with van der Waals surface area (Å²) in [6.45, 7) is 0.457. The molecule has 1 aromatic carbocycles. The van der Waals surface area contributed by atoms with Gasteiger partial charge in [-0.15, -0.1) is 11.3 Å². The van der Waals surface area contributed by atoms with Crippen LogP contribution in [0.2, 0.25) is 0 Å². The maximum atomic E-state index is 12.0. The largest absolute Gasteiger partial charge is 0.446 e. The van der Waals surface area contributed by atoms with Gasteiger partial charge < -0.3 is 15.4 Å². The first-order chi connectivity index (χ1) is 11.7. The highest BCUT2D eigenvalue weighted by atomic mass is 32.1. The lowest BCUT2D eigenvalue weighted by atomic mass is 9.94. The van der Waals surface area contributed by atoms with Gasteiger partial charge in [0.1, 0.15) is 17.2 Å². The van der Waals surface area contributed by atoms with Crippen LogP contribution in [0.15, 0.2) is 30.3 Å². The van der Waals surface area contributed by atoms with Crippen LogP contribution in [0, 0.1) is 11.3 Å². The van der Waals surface area contributed by atoms with Crippen molar-refractivity contribution in [1.82, 2.24) is 5.32 Å². The van der Waals surface area contributed by atoms with Crippen LogP contribution in [0.1, 0.15) is 28.0 Å². The van der Waals surface area contributed by atoms with E-state index in [1.54, 1.807) is 11.3 Å². The van der Waals surface area contributed by atoms with Crippen molar-refractivity contribution in [2.24, 2.45) is 0 Å². The van der Waals surface area contributed by atoms with Crippen LogP contribution in [0.3, 0.4) is 0 Å². The van der Waals surface area contributed by atoms with Gasteiger partial charge in [-0.1, -0.05) is 30.3 Å². The quantitative estimate of drug-likeness (QED) is 0.893. The van der Waals surface area contributed by atoms with Gasteiger partial charge in [-0.25, -0.2) is 4.79 Å². The van der Waals surface area contributed by atoms with Crippen LogP contribution >= 0.6 is 11.3 Å². The predicted octanol–water partition coefficient (Wildman–Crippen LogP) is 3.45. The summed E-state index contributed by atoms with van der Waals surface area (Å²) in [7, 11) is 1.82. The number of hydrogen-bond acceptors (Lipinski definition) is 5.